The van der Waals surface area contributed by atoms with Crippen LogP contribution in [0.2, 0.25) is 0 Å². The molecule has 0 amide bonds. The van der Waals surface area contributed by atoms with E-state index in [-0.39, 0.29) is 18.3 Å². The molecule has 90 valence electrons. The van der Waals surface area contributed by atoms with Gasteiger partial charge < -0.3 is 9.26 Å². The number of esters is 1. The lowest BCUT2D eigenvalue weighted by Crippen LogP contribution is -2.10. The molecule has 0 saturated heterocycles. The van der Waals surface area contributed by atoms with E-state index in [9.17, 15) is 13.2 Å². The molecule has 8 heteroatoms. The van der Waals surface area contributed by atoms with Crippen LogP contribution in [0.15, 0.2) is 4.52 Å². The van der Waals surface area contributed by atoms with E-state index in [1.807, 2.05) is 0 Å². The van der Waals surface area contributed by atoms with Gasteiger partial charge in [0.05, 0.1) is 6.61 Å². The normalized spacial score (nSPS) is 13.4. The topological polar surface area (TPSA) is 99.4 Å². The van der Waals surface area contributed by atoms with Crippen LogP contribution < -0.4 is 0 Å². The summed E-state index contributed by atoms with van der Waals surface area (Å²) in [6.45, 7) is 3.22. The summed E-state index contributed by atoms with van der Waals surface area (Å²) in [6, 6.07) is 0. The number of sulfone groups is 1. The highest BCUT2D eigenvalue weighted by atomic mass is 32.2. The first-order valence-electron chi connectivity index (χ1n) is 4.55. The molecule has 0 fully saturated rings. The highest BCUT2D eigenvalue weighted by Gasteiger charge is 2.25. The summed E-state index contributed by atoms with van der Waals surface area (Å²) >= 11 is 0. The molecule has 0 aliphatic rings. The van der Waals surface area contributed by atoms with Crippen LogP contribution in [0.4, 0.5) is 0 Å². The second kappa shape index (κ2) is 4.60. The quantitative estimate of drug-likeness (QED) is 0.709. The fourth-order valence-corrected chi connectivity index (χ4v) is 1.35. The molecular weight excluding hydrogens is 236 g/mol. The molecule has 1 rings (SSSR count). The van der Waals surface area contributed by atoms with Crippen molar-refractivity contribution in [3.8, 4) is 0 Å². The Bertz CT molecular complexity index is 478. The molecule has 0 bridgehead atoms. The summed E-state index contributed by atoms with van der Waals surface area (Å²) < 4.78 is 31.6. The van der Waals surface area contributed by atoms with Crippen molar-refractivity contribution >= 4 is 15.8 Å². The minimum atomic E-state index is -3.32. The summed E-state index contributed by atoms with van der Waals surface area (Å²) in [5.74, 6) is -1.15. The zero-order valence-corrected chi connectivity index (χ0v) is 9.94. The van der Waals surface area contributed by atoms with E-state index in [1.54, 1.807) is 6.92 Å². The number of rotatable bonds is 4. The van der Waals surface area contributed by atoms with Gasteiger partial charge in [0.1, 0.15) is 5.25 Å². The van der Waals surface area contributed by atoms with Gasteiger partial charge in [-0.15, -0.1) is 0 Å². The molecule has 0 spiro atoms. The Morgan fingerprint density at radius 1 is 1.56 bits per heavy atom. The smallest absolute Gasteiger partial charge is 0.397 e. The summed E-state index contributed by atoms with van der Waals surface area (Å²) in [7, 11) is -3.32. The first kappa shape index (κ1) is 12.6. The monoisotopic (exact) mass is 248 g/mol. The second-order valence-electron chi connectivity index (χ2n) is 3.15. The van der Waals surface area contributed by atoms with Gasteiger partial charge in [-0.05, 0) is 13.8 Å². The number of carbonyl (C=O) groups is 1. The van der Waals surface area contributed by atoms with Crippen LogP contribution in [0, 0.1) is 0 Å². The van der Waals surface area contributed by atoms with Crippen LogP contribution in [-0.4, -0.2) is 37.4 Å². The Morgan fingerprint density at radius 2 is 2.19 bits per heavy atom. The minimum absolute atomic E-state index is 0.0504. The van der Waals surface area contributed by atoms with E-state index in [4.69, 9.17) is 0 Å². The maximum atomic E-state index is 11.2. The predicted octanol–water partition coefficient (Wildman–Crippen LogP) is 0.352. The van der Waals surface area contributed by atoms with Crippen molar-refractivity contribution in [3.63, 3.8) is 0 Å². The number of ether oxygens (including phenoxy) is 1. The number of aromatic nitrogens is 2. The molecular formula is C8H12N2O5S. The molecule has 1 heterocycles. The van der Waals surface area contributed by atoms with Crippen LogP contribution >= 0.6 is 0 Å². The SMILES string of the molecule is CCOC(=O)c1nc(C(C)S(C)(=O)=O)no1. The Kier molecular flexibility index (Phi) is 3.63. The summed E-state index contributed by atoms with van der Waals surface area (Å²) in [4.78, 5) is 14.8. The molecule has 1 aromatic heterocycles. The maximum Gasteiger partial charge on any atom is 0.397 e. The van der Waals surface area contributed by atoms with Gasteiger partial charge in [0.2, 0.25) is 0 Å². The Labute approximate surface area is 92.7 Å². The summed E-state index contributed by atoms with van der Waals surface area (Å²) in [6.07, 6.45) is 1.05. The van der Waals surface area contributed by atoms with Gasteiger partial charge in [-0.3, -0.25) is 0 Å². The molecule has 7 nitrogen and oxygen atoms in total. The van der Waals surface area contributed by atoms with Gasteiger partial charge >= 0.3 is 11.9 Å². The fourth-order valence-electron chi connectivity index (χ4n) is 0.867. The van der Waals surface area contributed by atoms with Gasteiger partial charge in [0.15, 0.2) is 15.7 Å². The zero-order valence-electron chi connectivity index (χ0n) is 9.13. The van der Waals surface area contributed by atoms with Crippen LogP contribution in [-0.2, 0) is 14.6 Å². The maximum absolute atomic E-state index is 11.2. The highest BCUT2D eigenvalue weighted by Crippen LogP contribution is 2.17. The largest absolute Gasteiger partial charge is 0.459 e. The lowest BCUT2D eigenvalue weighted by atomic mass is 10.4. The van der Waals surface area contributed by atoms with Crippen LogP contribution in [0.5, 0.6) is 0 Å². The molecule has 0 N–H and O–H groups in total. The Morgan fingerprint density at radius 3 is 2.69 bits per heavy atom. The molecule has 0 aliphatic carbocycles. The molecule has 0 saturated carbocycles. The first-order valence-corrected chi connectivity index (χ1v) is 6.51. The predicted molar refractivity (Wildman–Crippen MR) is 53.5 cm³/mol. The Hall–Kier alpha value is -1.44. The van der Waals surface area contributed by atoms with Crippen LogP contribution in [0.1, 0.15) is 35.6 Å². The molecule has 16 heavy (non-hydrogen) atoms. The van der Waals surface area contributed by atoms with E-state index in [1.165, 1.54) is 6.92 Å². The fraction of sp³-hybridized carbons (Fsp3) is 0.625. The standard InChI is InChI=1S/C8H12N2O5S/c1-4-14-8(11)7-9-6(10-15-7)5(2)16(3,12)13/h5H,4H2,1-3H3. The van der Waals surface area contributed by atoms with E-state index in [0.717, 1.165) is 6.26 Å². The van der Waals surface area contributed by atoms with Crippen molar-refractivity contribution in [1.29, 1.82) is 0 Å². The molecule has 1 atom stereocenters. The van der Waals surface area contributed by atoms with Crippen molar-refractivity contribution in [3.05, 3.63) is 11.7 Å². The van der Waals surface area contributed by atoms with Crippen molar-refractivity contribution < 1.29 is 22.5 Å². The average Bonchev–Trinajstić information content (AvgIpc) is 2.64. The number of nitrogens with zero attached hydrogens (tertiary/aromatic N) is 2. The van der Waals surface area contributed by atoms with Crippen molar-refractivity contribution in [2.24, 2.45) is 0 Å². The third-order valence-electron chi connectivity index (χ3n) is 1.90. The van der Waals surface area contributed by atoms with Crippen molar-refractivity contribution in [1.82, 2.24) is 10.1 Å². The average molecular weight is 248 g/mol. The van der Waals surface area contributed by atoms with Gasteiger partial charge in [0, 0.05) is 6.26 Å². The van der Waals surface area contributed by atoms with Crippen molar-refractivity contribution in [2.45, 2.75) is 19.1 Å². The van der Waals surface area contributed by atoms with Gasteiger partial charge in [0.25, 0.3) is 0 Å². The van der Waals surface area contributed by atoms with Crippen molar-refractivity contribution in [2.75, 3.05) is 12.9 Å². The third kappa shape index (κ3) is 2.78. The van der Waals surface area contributed by atoms with Gasteiger partial charge in [-0.25, -0.2) is 13.2 Å². The van der Waals surface area contributed by atoms with Crippen LogP contribution in [0.25, 0.3) is 0 Å². The third-order valence-corrected chi connectivity index (χ3v) is 3.39. The number of carbonyl (C=O) groups excluding carboxylic acids is 1. The van der Waals surface area contributed by atoms with Gasteiger partial charge in [-0.1, -0.05) is 5.16 Å². The molecule has 0 aromatic carbocycles. The second-order valence-corrected chi connectivity index (χ2v) is 5.52. The number of hydrogen-bond acceptors (Lipinski definition) is 7. The van der Waals surface area contributed by atoms with E-state index in [2.05, 4.69) is 19.4 Å². The zero-order chi connectivity index (χ0) is 12.3. The summed E-state index contributed by atoms with van der Waals surface area (Å²) in [5.41, 5.74) is 0. The summed E-state index contributed by atoms with van der Waals surface area (Å²) in [5, 5.41) is 2.50. The highest BCUT2D eigenvalue weighted by molar-refractivity contribution is 7.90. The Balaban J connectivity index is 2.91. The lowest BCUT2D eigenvalue weighted by Gasteiger charge is -2.01. The molecule has 1 unspecified atom stereocenters. The van der Waals surface area contributed by atoms with E-state index < -0.39 is 21.1 Å². The number of hydrogen-bond donors (Lipinski definition) is 0. The van der Waals surface area contributed by atoms with E-state index >= 15 is 0 Å². The van der Waals surface area contributed by atoms with Crippen LogP contribution in [0.3, 0.4) is 0 Å². The van der Waals surface area contributed by atoms with Gasteiger partial charge in [-0.2, -0.15) is 4.98 Å². The molecule has 0 aliphatic heterocycles. The first-order chi connectivity index (χ1) is 7.36. The lowest BCUT2D eigenvalue weighted by molar-refractivity contribution is 0.0470. The molecule has 1 aromatic rings. The molecule has 0 radical (unpaired) electrons. The van der Waals surface area contributed by atoms with E-state index in [0.29, 0.717) is 0 Å². The minimum Gasteiger partial charge on any atom is -0.459 e.